The molecule has 100 valence electrons. The Bertz CT molecular complexity index is 448. The second kappa shape index (κ2) is 4.63. The Morgan fingerprint density at radius 3 is 2.61 bits per heavy atom. The van der Waals surface area contributed by atoms with Gasteiger partial charge in [-0.15, -0.1) is 0 Å². The number of aromatic amines is 1. The quantitative estimate of drug-likeness (QED) is 0.313. The molecule has 2 rings (SSSR count). The van der Waals surface area contributed by atoms with Crippen LogP contribution >= 0.6 is 0 Å². The zero-order chi connectivity index (χ0) is 13.4. The van der Waals surface area contributed by atoms with Crippen LogP contribution < -0.4 is 11.5 Å². The topological polar surface area (TPSA) is 168 Å². The number of carbonyl (C=O) groups excluding carboxylic acids is 1. The van der Waals surface area contributed by atoms with Crippen molar-refractivity contribution in [2.75, 3.05) is 0 Å². The lowest BCUT2D eigenvalue weighted by atomic mass is 10.1. The van der Waals surface area contributed by atoms with Crippen molar-refractivity contribution < 1.29 is 24.9 Å². The standard InChI is InChI=1S/C9H14N4O5/c10-7(16)2-1-12-9(13-2)6-4(15)3(14)5(18-6)8(11)17/h1,3-6,8,14-15,17H,11H2,(H2,10,16)(H,12,13)/t3-,4+,5-,6+,8?/m0/s1. The molecule has 1 fully saturated rings. The van der Waals surface area contributed by atoms with E-state index in [9.17, 15) is 20.1 Å². The highest BCUT2D eigenvalue weighted by atomic mass is 16.6. The summed E-state index contributed by atoms with van der Waals surface area (Å²) in [4.78, 5) is 17.3. The predicted octanol–water partition coefficient (Wildman–Crippen LogP) is -3.05. The Balaban J connectivity index is 2.20. The van der Waals surface area contributed by atoms with E-state index in [1.54, 1.807) is 0 Å². The van der Waals surface area contributed by atoms with E-state index in [0.29, 0.717) is 0 Å². The molecule has 18 heavy (non-hydrogen) atoms. The Kier molecular flexibility index (Phi) is 3.32. The highest BCUT2D eigenvalue weighted by molar-refractivity contribution is 5.90. The summed E-state index contributed by atoms with van der Waals surface area (Å²) in [6.07, 6.45) is -5.00. The Labute approximate surface area is 101 Å². The van der Waals surface area contributed by atoms with Gasteiger partial charge in [0.1, 0.15) is 42.2 Å². The number of aliphatic hydroxyl groups is 3. The number of ether oxygens (including phenoxy) is 1. The molecular weight excluding hydrogens is 244 g/mol. The third-order valence-corrected chi connectivity index (χ3v) is 2.76. The number of aliphatic hydroxyl groups excluding tert-OH is 3. The van der Waals surface area contributed by atoms with E-state index < -0.39 is 36.6 Å². The van der Waals surface area contributed by atoms with E-state index >= 15 is 0 Å². The summed E-state index contributed by atoms with van der Waals surface area (Å²) in [6, 6.07) is 0. The SMILES string of the molecule is NC(=O)c1c[nH]c([C@@H]2O[C@H](C(N)O)[C@@H](O)[C@H]2O)n1. The molecule has 8 N–H and O–H groups in total. The number of primary amides is 1. The van der Waals surface area contributed by atoms with Crippen molar-refractivity contribution in [3.8, 4) is 0 Å². The van der Waals surface area contributed by atoms with Crippen LogP contribution in [0, 0.1) is 0 Å². The van der Waals surface area contributed by atoms with Crippen molar-refractivity contribution in [2.45, 2.75) is 30.6 Å². The summed E-state index contributed by atoms with van der Waals surface area (Å²) >= 11 is 0. The zero-order valence-electron chi connectivity index (χ0n) is 9.22. The third-order valence-electron chi connectivity index (χ3n) is 2.76. The molecule has 1 unspecified atom stereocenters. The first-order valence-corrected chi connectivity index (χ1v) is 5.22. The van der Waals surface area contributed by atoms with Gasteiger partial charge < -0.3 is 36.5 Å². The predicted molar refractivity (Wildman–Crippen MR) is 56.9 cm³/mol. The van der Waals surface area contributed by atoms with Crippen molar-refractivity contribution in [3.05, 3.63) is 17.7 Å². The van der Waals surface area contributed by atoms with Gasteiger partial charge in [-0.05, 0) is 0 Å². The molecule has 2 heterocycles. The maximum atomic E-state index is 10.9. The zero-order valence-corrected chi connectivity index (χ0v) is 9.22. The van der Waals surface area contributed by atoms with Crippen molar-refractivity contribution in [3.63, 3.8) is 0 Å². The Hall–Kier alpha value is -1.52. The molecule has 0 aromatic carbocycles. The van der Waals surface area contributed by atoms with Gasteiger partial charge in [-0.25, -0.2) is 4.98 Å². The third kappa shape index (κ3) is 2.09. The van der Waals surface area contributed by atoms with Crippen molar-refractivity contribution >= 4 is 5.91 Å². The monoisotopic (exact) mass is 258 g/mol. The lowest BCUT2D eigenvalue weighted by Crippen LogP contribution is -2.43. The van der Waals surface area contributed by atoms with E-state index in [2.05, 4.69) is 9.97 Å². The molecule has 9 nitrogen and oxygen atoms in total. The fourth-order valence-corrected chi connectivity index (χ4v) is 1.82. The fraction of sp³-hybridized carbons (Fsp3) is 0.556. The summed E-state index contributed by atoms with van der Waals surface area (Å²) in [7, 11) is 0. The summed E-state index contributed by atoms with van der Waals surface area (Å²) in [5.41, 5.74) is 10.2. The van der Waals surface area contributed by atoms with Gasteiger partial charge in [-0.1, -0.05) is 0 Å². The first-order valence-electron chi connectivity index (χ1n) is 5.22. The summed E-state index contributed by atoms with van der Waals surface area (Å²) in [5, 5.41) is 28.6. The van der Waals surface area contributed by atoms with Crippen LogP contribution in [-0.4, -0.2) is 55.7 Å². The molecule has 0 aliphatic carbocycles. The van der Waals surface area contributed by atoms with E-state index in [1.165, 1.54) is 6.20 Å². The summed E-state index contributed by atoms with van der Waals surface area (Å²) < 4.78 is 5.21. The summed E-state index contributed by atoms with van der Waals surface area (Å²) in [5.74, 6) is -0.612. The Morgan fingerprint density at radius 1 is 1.50 bits per heavy atom. The van der Waals surface area contributed by atoms with Gasteiger partial charge in [0.2, 0.25) is 0 Å². The number of hydrogen-bond acceptors (Lipinski definition) is 7. The maximum absolute atomic E-state index is 10.9. The highest BCUT2D eigenvalue weighted by Crippen LogP contribution is 2.32. The molecule has 1 aliphatic rings. The number of nitrogens with one attached hydrogen (secondary N) is 1. The van der Waals surface area contributed by atoms with Crippen molar-refractivity contribution in [1.82, 2.24) is 9.97 Å². The second-order valence-electron chi connectivity index (χ2n) is 4.03. The largest absolute Gasteiger partial charge is 0.387 e. The molecule has 0 saturated carbocycles. The van der Waals surface area contributed by atoms with Gasteiger partial charge in [0.15, 0.2) is 0 Å². The lowest BCUT2D eigenvalue weighted by molar-refractivity contribution is -0.0648. The molecule has 0 bridgehead atoms. The summed E-state index contributed by atoms with van der Waals surface area (Å²) in [6.45, 7) is 0. The molecule has 1 amide bonds. The van der Waals surface area contributed by atoms with E-state index in [0.717, 1.165) is 0 Å². The minimum absolute atomic E-state index is 0.0213. The van der Waals surface area contributed by atoms with Crippen LogP contribution in [0.1, 0.15) is 22.4 Å². The highest BCUT2D eigenvalue weighted by Gasteiger charge is 2.47. The second-order valence-corrected chi connectivity index (χ2v) is 4.03. The first kappa shape index (κ1) is 12.9. The lowest BCUT2D eigenvalue weighted by Gasteiger charge is -2.16. The fourth-order valence-electron chi connectivity index (χ4n) is 1.82. The van der Waals surface area contributed by atoms with Crippen molar-refractivity contribution in [2.24, 2.45) is 11.5 Å². The molecule has 1 aromatic rings. The molecule has 0 spiro atoms. The average molecular weight is 258 g/mol. The molecule has 9 heteroatoms. The number of amides is 1. The van der Waals surface area contributed by atoms with E-state index in [-0.39, 0.29) is 11.5 Å². The normalized spacial score (nSPS) is 33.6. The van der Waals surface area contributed by atoms with Crippen LogP contribution in [-0.2, 0) is 4.74 Å². The Morgan fingerprint density at radius 2 is 2.17 bits per heavy atom. The van der Waals surface area contributed by atoms with Crippen LogP contribution in [0.4, 0.5) is 0 Å². The van der Waals surface area contributed by atoms with Gasteiger partial charge in [-0.3, -0.25) is 4.79 Å². The number of nitrogens with zero attached hydrogens (tertiary/aromatic N) is 1. The van der Waals surface area contributed by atoms with Gasteiger partial charge in [0, 0.05) is 6.20 Å². The van der Waals surface area contributed by atoms with Crippen LogP contribution in [0.2, 0.25) is 0 Å². The number of H-pyrrole nitrogens is 1. The smallest absolute Gasteiger partial charge is 0.268 e. The van der Waals surface area contributed by atoms with Crippen LogP contribution in [0.3, 0.4) is 0 Å². The number of carbonyl (C=O) groups is 1. The molecular formula is C9H14N4O5. The molecule has 5 atom stereocenters. The van der Waals surface area contributed by atoms with Gasteiger partial charge in [0.05, 0.1) is 0 Å². The number of rotatable bonds is 3. The molecule has 0 radical (unpaired) electrons. The maximum Gasteiger partial charge on any atom is 0.268 e. The van der Waals surface area contributed by atoms with E-state index in [4.69, 9.17) is 16.2 Å². The number of imidazole rings is 1. The van der Waals surface area contributed by atoms with Crippen LogP contribution in [0.25, 0.3) is 0 Å². The molecule has 1 aliphatic heterocycles. The van der Waals surface area contributed by atoms with Gasteiger partial charge in [-0.2, -0.15) is 0 Å². The van der Waals surface area contributed by atoms with Crippen LogP contribution in [0.5, 0.6) is 0 Å². The minimum atomic E-state index is -1.44. The minimum Gasteiger partial charge on any atom is -0.387 e. The first-order chi connectivity index (χ1) is 8.41. The number of aromatic nitrogens is 2. The van der Waals surface area contributed by atoms with Gasteiger partial charge >= 0.3 is 0 Å². The number of nitrogens with two attached hydrogens (primary N) is 2. The number of hydrogen-bond donors (Lipinski definition) is 6. The van der Waals surface area contributed by atoms with Crippen molar-refractivity contribution in [1.29, 1.82) is 0 Å². The van der Waals surface area contributed by atoms with Gasteiger partial charge in [0.25, 0.3) is 5.91 Å². The molecule has 1 saturated heterocycles. The van der Waals surface area contributed by atoms with E-state index in [1.807, 2.05) is 0 Å². The van der Waals surface area contributed by atoms with Crippen LogP contribution in [0.15, 0.2) is 6.20 Å². The molecule has 1 aromatic heterocycles. The average Bonchev–Trinajstić information content (AvgIpc) is 2.86.